The summed E-state index contributed by atoms with van der Waals surface area (Å²) >= 11 is 0. The van der Waals surface area contributed by atoms with Crippen LogP contribution in [0.3, 0.4) is 0 Å². The minimum absolute atomic E-state index is 0.143. The Hall–Kier alpha value is -2.37. The van der Waals surface area contributed by atoms with Crippen molar-refractivity contribution in [2.24, 2.45) is 5.92 Å². The third kappa shape index (κ3) is 2.97. The van der Waals surface area contributed by atoms with Crippen molar-refractivity contribution in [3.8, 4) is 0 Å². The molecule has 1 atom stereocenters. The van der Waals surface area contributed by atoms with Crippen LogP contribution in [0.2, 0.25) is 0 Å². The van der Waals surface area contributed by atoms with Crippen molar-refractivity contribution in [1.29, 1.82) is 0 Å². The van der Waals surface area contributed by atoms with Gasteiger partial charge in [-0.15, -0.1) is 0 Å². The van der Waals surface area contributed by atoms with E-state index in [4.69, 9.17) is 4.42 Å². The van der Waals surface area contributed by atoms with Gasteiger partial charge in [-0.1, -0.05) is 12.1 Å². The fourth-order valence-electron chi connectivity index (χ4n) is 4.16. The number of aryl methyl sites for hydroxylation is 1. The summed E-state index contributed by atoms with van der Waals surface area (Å²) in [6.45, 7) is 4.62. The highest BCUT2D eigenvalue weighted by Gasteiger charge is 2.31. The Bertz CT molecular complexity index is 860. The number of furan rings is 1. The van der Waals surface area contributed by atoms with Crippen LogP contribution in [0.1, 0.15) is 41.8 Å². The Morgan fingerprint density at radius 3 is 2.88 bits per heavy atom. The van der Waals surface area contributed by atoms with Crippen molar-refractivity contribution in [2.75, 3.05) is 26.2 Å². The first-order valence-electron chi connectivity index (χ1n) is 9.29. The van der Waals surface area contributed by atoms with E-state index in [9.17, 15) is 14.0 Å². The summed E-state index contributed by atoms with van der Waals surface area (Å²) in [7, 11) is 0. The number of fused-ring (bicyclic) bond motifs is 1. The van der Waals surface area contributed by atoms with Crippen molar-refractivity contribution < 1.29 is 18.4 Å². The number of benzene rings is 1. The molecule has 5 nitrogen and oxygen atoms in total. The maximum atomic E-state index is 14.0. The summed E-state index contributed by atoms with van der Waals surface area (Å²) in [5.74, 6) is 0.0977. The number of piperidine rings is 1. The molecule has 2 saturated heterocycles. The fourth-order valence-corrected chi connectivity index (χ4v) is 4.16. The van der Waals surface area contributed by atoms with E-state index in [1.165, 1.54) is 6.07 Å². The second kappa shape index (κ2) is 6.74. The molecule has 0 aliphatic carbocycles. The van der Waals surface area contributed by atoms with E-state index in [1.54, 1.807) is 24.0 Å². The number of likely N-dealkylation sites (tertiary alicyclic amines) is 2. The summed E-state index contributed by atoms with van der Waals surface area (Å²) in [6, 6.07) is 4.73. The molecule has 2 aromatic rings. The molecule has 1 aromatic carbocycles. The Balaban J connectivity index is 1.52. The SMILES string of the molecule is Cc1c(C(=O)N2CCCC(CN3CCCC3=O)C2)oc2c(F)cccc12. The molecule has 2 aliphatic heterocycles. The molecule has 2 amide bonds. The molecule has 138 valence electrons. The molecule has 0 N–H and O–H groups in total. The number of para-hydroxylation sites is 1. The Morgan fingerprint density at radius 2 is 2.15 bits per heavy atom. The lowest BCUT2D eigenvalue weighted by Gasteiger charge is -2.34. The number of carbonyl (C=O) groups is 2. The minimum Gasteiger partial charge on any atom is -0.448 e. The molecule has 1 unspecified atom stereocenters. The molecule has 0 spiro atoms. The van der Waals surface area contributed by atoms with Gasteiger partial charge in [0, 0.05) is 43.5 Å². The van der Waals surface area contributed by atoms with E-state index in [0.29, 0.717) is 30.5 Å². The van der Waals surface area contributed by atoms with Gasteiger partial charge < -0.3 is 14.2 Å². The van der Waals surface area contributed by atoms with Gasteiger partial charge in [0.25, 0.3) is 5.91 Å². The highest BCUT2D eigenvalue weighted by Crippen LogP contribution is 2.29. The average Bonchev–Trinajstić information content (AvgIpc) is 3.19. The summed E-state index contributed by atoms with van der Waals surface area (Å²) in [4.78, 5) is 28.5. The number of hydrogen-bond acceptors (Lipinski definition) is 3. The maximum Gasteiger partial charge on any atom is 0.289 e. The zero-order chi connectivity index (χ0) is 18.3. The lowest BCUT2D eigenvalue weighted by Crippen LogP contribution is -2.44. The Labute approximate surface area is 151 Å². The Morgan fingerprint density at radius 1 is 1.31 bits per heavy atom. The van der Waals surface area contributed by atoms with Crippen LogP contribution in [-0.4, -0.2) is 47.8 Å². The predicted molar refractivity (Wildman–Crippen MR) is 95.4 cm³/mol. The maximum absolute atomic E-state index is 14.0. The molecular weight excluding hydrogens is 335 g/mol. The number of hydrogen-bond donors (Lipinski definition) is 0. The molecule has 3 heterocycles. The summed E-state index contributed by atoms with van der Waals surface area (Å²) in [5, 5.41) is 0.643. The van der Waals surface area contributed by atoms with E-state index in [2.05, 4.69) is 0 Å². The number of carbonyl (C=O) groups excluding carboxylic acids is 2. The van der Waals surface area contributed by atoms with Crippen molar-refractivity contribution in [1.82, 2.24) is 9.80 Å². The van der Waals surface area contributed by atoms with Gasteiger partial charge >= 0.3 is 0 Å². The van der Waals surface area contributed by atoms with Crippen LogP contribution in [0.15, 0.2) is 22.6 Å². The topological polar surface area (TPSA) is 53.8 Å². The fraction of sp³-hybridized carbons (Fsp3) is 0.500. The van der Waals surface area contributed by atoms with Gasteiger partial charge in [0.05, 0.1) is 0 Å². The lowest BCUT2D eigenvalue weighted by molar-refractivity contribution is -0.128. The summed E-state index contributed by atoms with van der Waals surface area (Å²) in [6.07, 6.45) is 3.49. The molecule has 6 heteroatoms. The molecular formula is C20H23FN2O3. The van der Waals surface area contributed by atoms with E-state index in [0.717, 1.165) is 32.4 Å². The molecule has 26 heavy (non-hydrogen) atoms. The molecule has 2 fully saturated rings. The van der Waals surface area contributed by atoms with E-state index in [-0.39, 0.29) is 29.1 Å². The third-order valence-electron chi connectivity index (χ3n) is 5.57. The minimum atomic E-state index is -0.450. The predicted octanol–water partition coefficient (Wildman–Crippen LogP) is 3.35. The first kappa shape index (κ1) is 17.1. The highest BCUT2D eigenvalue weighted by molar-refractivity contribution is 5.99. The molecule has 2 aliphatic rings. The zero-order valence-corrected chi connectivity index (χ0v) is 15.0. The van der Waals surface area contributed by atoms with E-state index in [1.807, 2.05) is 4.90 Å². The molecule has 4 rings (SSSR count). The van der Waals surface area contributed by atoms with Crippen LogP contribution in [0, 0.1) is 18.7 Å². The molecule has 0 saturated carbocycles. The van der Waals surface area contributed by atoms with Gasteiger partial charge in [0.2, 0.25) is 5.91 Å². The average molecular weight is 358 g/mol. The van der Waals surface area contributed by atoms with E-state index >= 15 is 0 Å². The highest BCUT2D eigenvalue weighted by atomic mass is 19.1. The van der Waals surface area contributed by atoms with Crippen molar-refractivity contribution in [3.05, 3.63) is 35.3 Å². The van der Waals surface area contributed by atoms with Crippen LogP contribution in [-0.2, 0) is 4.79 Å². The quantitative estimate of drug-likeness (QED) is 0.845. The van der Waals surface area contributed by atoms with Gasteiger partial charge in [-0.25, -0.2) is 4.39 Å². The number of amides is 2. The molecule has 1 aromatic heterocycles. The van der Waals surface area contributed by atoms with Crippen LogP contribution in [0.4, 0.5) is 4.39 Å². The molecule has 0 radical (unpaired) electrons. The normalized spacial score (nSPS) is 21.0. The van der Waals surface area contributed by atoms with Crippen molar-refractivity contribution in [3.63, 3.8) is 0 Å². The van der Waals surface area contributed by atoms with Gasteiger partial charge in [-0.3, -0.25) is 9.59 Å². The van der Waals surface area contributed by atoms with Gasteiger partial charge in [0.15, 0.2) is 17.2 Å². The summed E-state index contributed by atoms with van der Waals surface area (Å²) < 4.78 is 19.6. The number of halogens is 1. The molecule has 0 bridgehead atoms. The third-order valence-corrected chi connectivity index (χ3v) is 5.57. The van der Waals surface area contributed by atoms with Gasteiger partial charge in [-0.2, -0.15) is 0 Å². The van der Waals surface area contributed by atoms with E-state index < -0.39 is 5.82 Å². The monoisotopic (exact) mass is 358 g/mol. The number of nitrogens with zero attached hydrogens (tertiary/aromatic N) is 2. The standard InChI is InChI=1S/C20H23FN2O3/c1-13-15-6-2-7-16(21)19(15)26-18(13)20(25)23-10-3-5-14(12-23)11-22-9-4-8-17(22)24/h2,6-7,14H,3-5,8-12H2,1H3. The second-order valence-corrected chi connectivity index (χ2v) is 7.38. The van der Waals surface area contributed by atoms with Crippen LogP contribution in [0.25, 0.3) is 11.0 Å². The summed E-state index contributed by atoms with van der Waals surface area (Å²) in [5.41, 5.74) is 0.825. The van der Waals surface area contributed by atoms with Gasteiger partial charge in [-0.05, 0) is 38.2 Å². The lowest BCUT2D eigenvalue weighted by atomic mass is 9.97. The first-order valence-corrected chi connectivity index (χ1v) is 9.29. The van der Waals surface area contributed by atoms with Gasteiger partial charge in [0.1, 0.15) is 0 Å². The van der Waals surface area contributed by atoms with Crippen molar-refractivity contribution >= 4 is 22.8 Å². The largest absolute Gasteiger partial charge is 0.448 e. The Kier molecular flexibility index (Phi) is 4.42. The smallest absolute Gasteiger partial charge is 0.289 e. The van der Waals surface area contributed by atoms with Crippen molar-refractivity contribution in [2.45, 2.75) is 32.6 Å². The van der Waals surface area contributed by atoms with Crippen LogP contribution in [0.5, 0.6) is 0 Å². The van der Waals surface area contributed by atoms with Crippen LogP contribution < -0.4 is 0 Å². The zero-order valence-electron chi connectivity index (χ0n) is 15.0. The van der Waals surface area contributed by atoms with Crippen LogP contribution >= 0.6 is 0 Å². The first-order chi connectivity index (χ1) is 12.5. The number of rotatable bonds is 3. The second-order valence-electron chi connectivity index (χ2n) is 7.38.